The van der Waals surface area contributed by atoms with E-state index in [1.54, 1.807) is 44.4 Å². The van der Waals surface area contributed by atoms with Crippen molar-refractivity contribution in [3.63, 3.8) is 0 Å². The van der Waals surface area contributed by atoms with E-state index in [4.69, 9.17) is 9.47 Å². The number of hydrogen-bond acceptors (Lipinski definition) is 8. The van der Waals surface area contributed by atoms with Gasteiger partial charge in [0.25, 0.3) is 5.91 Å². The van der Waals surface area contributed by atoms with Gasteiger partial charge in [0.2, 0.25) is 5.78 Å². The number of halogens is 3. The molecule has 1 fully saturated rings. The van der Waals surface area contributed by atoms with E-state index < -0.39 is 41.5 Å². The maximum absolute atomic E-state index is 13.8. The molecule has 0 spiro atoms. The number of aryl methyl sites for hydroxylation is 1. The highest BCUT2D eigenvalue weighted by molar-refractivity contribution is 6.48. The normalized spacial score (nSPS) is 16.7. The first kappa shape index (κ1) is 29.2. The molecular formula is C31H24F3N3O6. The Morgan fingerprint density at radius 3 is 2.05 bits per heavy atom. The number of carbonyl (C=O) groups excluding carboxylic acids is 3. The maximum atomic E-state index is 13.8. The quantitative estimate of drug-likeness (QED) is 0.144. The zero-order chi connectivity index (χ0) is 30.7. The van der Waals surface area contributed by atoms with Crippen molar-refractivity contribution in [3.05, 3.63) is 107 Å². The van der Waals surface area contributed by atoms with Crippen LogP contribution in [0.3, 0.4) is 0 Å². The Morgan fingerprint density at radius 2 is 1.47 bits per heavy atom. The molecule has 0 aliphatic carbocycles. The lowest BCUT2D eigenvalue weighted by atomic mass is 9.86. The molecule has 9 nitrogen and oxygen atoms in total. The van der Waals surface area contributed by atoms with Gasteiger partial charge in [0.05, 0.1) is 18.8 Å². The van der Waals surface area contributed by atoms with Crippen molar-refractivity contribution in [1.29, 1.82) is 0 Å². The van der Waals surface area contributed by atoms with E-state index in [-0.39, 0.29) is 23.6 Å². The SMILES string of the molecule is COc1ccc(COc2ccc(C(=O)C3C(=O)C(=O)N(c4ccc(C)nn4)C3c3ccc(OC(F)(F)F)cc3)cc2)cc1. The Kier molecular flexibility index (Phi) is 8.11. The van der Waals surface area contributed by atoms with Crippen LogP contribution in [0, 0.1) is 12.8 Å². The van der Waals surface area contributed by atoms with Crippen LogP contribution < -0.4 is 19.1 Å². The number of alkyl halides is 3. The van der Waals surface area contributed by atoms with E-state index in [1.807, 2.05) is 12.1 Å². The summed E-state index contributed by atoms with van der Waals surface area (Å²) in [5, 5.41) is 7.96. The Morgan fingerprint density at radius 1 is 0.837 bits per heavy atom. The summed E-state index contributed by atoms with van der Waals surface area (Å²) in [4.78, 5) is 41.4. The van der Waals surface area contributed by atoms with Crippen LogP contribution in [0.5, 0.6) is 17.2 Å². The fourth-order valence-corrected chi connectivity index (χ4v) is 4.69. The number of ether oxygens (including phenoxy) is 3. The van der Waals surface area contributed by atoms with Crippen molar-refractivity contribution >= 4 is 23.3 Å². The molecule has 2 unspecified atom stereocenters. The first-order valence-corrected chi connectivity index (χ1v) is 13.0. The molecule has 43 heavy (non-hydrogen) atoms. The molecule has 3 aromatic carbocycles. The third kappa shape index (κ3) is 6.48. The van der Waals surface area contributed by atoms with E-state index in [0.29, 0.717) is 17.2 Å². The van der Waals surface area contributed by atoms with Crippen LogP contribution in [-0.2, 0) is 16.2 Å². The van der Waals surface area contributed by atoms with Crippen LogP contribution in [0.1, 0.15) is 33.2 Å². The van der Waals surface area contributed by atoms with Gasteiger partial charge in [-0.3, -0.25) is 19.3 Å². The Hall–Kier alpha value is -5.26. The van der Waals surface area contributed by atoms with Gasteiger partial charge in [0.1, 0.15) is 29.8 Å². The second kappa shape index (κ2) is 11.9. The molecule has 1 aromatic heterocycles. The van der Waals surface area contributed by atoms with Crippen LogP contribution in [-0.4, -0.2) is 41.1 Å². The molecule has 0 bridgehead atoms. The lowest BCUT2D eigenvalue weighted by molar-refractivity contribution is -0.274. The molecule has 5 rings (SSSR count). The summed E-state index contributed by atoms with van der Waals surface area (Å²) in [6.07, 6.45) is -4.91. The number of methoxy groups -OCH3 is 1. The zero-order valence-corrected chi connectivity index (χ0v) is 22.9. The molecule has 1 amide bonds. The maximum Gasteiger partial charge on any atom is 0.573 e. The predicted octanol–water partition coefficient (Wildman–Crippen LogP) is 5.43. The number of aromatic nitrogens is 2. The van der Waals surface area contributed by atoms with Crippen LogP contribution >= 0.6 is 0 Å². The molecule has 2 heterocycles. The van der Waals surface area contributed by atoms with Crippen molar-refractivity contribution in [2.24, 2.45) is 5.92 Å². The van der Waals surface area contributed by atoms with Gasteiger partial charge in [-0.1, -0.05) is 24.3 Å². The van der Waals surface area contributed by atoms with Crippen molar-refractivity contribution in [1.82, 2.24) is 10.2 Å². The summed E-state index contributed by atoms with van der Waals surface area (Å²) in [5.74, 6) is -3.43. The predicted molar refractivity (Wildman–Crippen MR) is 147 cm³/mol. The monoisotopic (exact) mass is 591 g/mol. The second-order valence-corrected chi connectivity index (χ2v) is 9.64. The summed E-state index contributed by atoms with van der Waals surface area (Å²) < 4.78 is 53.0. The summed E-state index contributed by atoms with van der Waals surface area (Å²) in [6, 6.07) is 19.9. The minimum Gasteiger partial charge on any atom is -0.497 e. The van der Waals surface area contributed by atoms with Gasteiger partial charge in [-0.15, -0.1) is 18.3 Å². The average molecular weight is 592 g/mol. The number of anilines is 1. The number of benzene rings is 3. The molecule has 12 heteroatoms. The van der Waals surface area contributed by atoms with Crippen LogP contribution in [0.15, 0.2) is 84.9 Å². The number of carbonyl (C=O) groups is 3. The molecule has 1 aliphatic heterocycles. The summed E-state index contributed by atoms with van der Waals surface area (Å²) >= 11 is 0. The van der Waals surface area contributed by atoms with Gasteiger partial charge in [-0.25, -0.2) is 0 Å². The van der Waals surface area contributed by atoms with Crippen molar-refractivity contribution in [2.45, 2.75) is 25.9 Å². The molecule has 1 saturated heterocycles. The van der Waals surface area contributed by atoms with E-state index in [0.717, 1.165) is 22.6 Å². The number of Topliss-reactive ketones (excluding diaryl/α,β-unsaturated/α-hetero) is 2. The molecule has 2 atom stereocenters. The lowest BCUT2D eigenvalue weighted by Gasteiger charge is -2.26. The fraction of sp³-hybridized carbons (Fsp3) is 0.194. The van der Waals surface area contributed by atoms with Crippen molar-refractivity contribution < 1.29 is 41.8 Å². The number of hydrogen-bond donors (Lipinski definition) is 0. The Labute approximate surface area is 243 Å². The van der Waals surface area contributed by atoms with Crippen LogP contribution in [0.25, 0.3) is 0 Å². The molecule has 0 radical (unpaired) electrons. The summed E-state index contributed by atoms with van der Waals surface area (Å²) in [6.45, 7) is 1.94. The van der Waals surface area contributed by atoms with Gasteiger partial charge in [-0.05, 0) is 78.7 Å². The Balaban J connectivity index is 1.42. The van der Waals surface area contributed by atoms with E-state index in [2.05, 4.69) is 14.9 Å². The average Bonchev–Trinajstić information content (AvgIpc) is 3.26. The van der Waals surface area contributed by atoms with E-state index in [9.17, 15) is 27.6 Å². The van der Waals surface area contributed by atoms with Gasteiger partial charge in [-0.2, -0.15) is 5.10 Å². The molecule has 0 N–H and O–H groups in total. The van der Waals surface area contributed by atoms with Gasteiger partial charge in [0.15, 0.2) is 11.6 Å². The first-order valence-electron chi connectivity index (χ1n) is 13.0. The number of amides is 1. The highest BCUT2D eigenvalue weighted by atomic mass is 19.4. The highest BCUT2D eigenvalue weighted by Crippen LogP contribution is 2.41. The van der Waals surface area contributed by atoms with Crippen LogP contribution in [0.4, 0.5) is 19.0 Å². The van der Waals surface area contributed by atoms with Gasteiger partial charge in [0, 0.05) is 5.56 Å². The topological polar surface area (TPSA) is 108 Å². The third-order valence-corrected chi connectivity index (χ3v) is 6.78. The molecule has 4 aromatic rings. The third-order valence-electron chi connectivity index (χ3n) is 6.78. The highest BCUT2D eigenvalue weighted by Gasteiger charge is 2.53. The number of ketones is 2. The summed E-state index contributed by atoms with van der Waals surface area (Å²) in [5.41, 5.74) is 1.81. The van der Waals surface area contributed by atoms with Gasteiger partial charge < -0.3 is 14.2 Å². The zero-order valence-electron chi connectivity index (χ0n) is 22.9. The number of nitrogens with zero attached hydrogens (tertiary/aromatic N) is 3. The first-order chi connectivity index (χ1) is 20.5. The molecule has 0 saturated carbocycles. The van der Waals surface area contributed by atoms with Crippen molar-refractivity contribution in [2.75, 3.05) is 12.0 Å². The standard InChI is InChI=1S/C31H24F3N3O6/c1-18-3-16-25(36-35-18)37-27(20-6-14-24(15-7-20)43-31(32,33)34)26(29(39)30(37)40)28(38)21-8-12-23(13-9-21)42-17-19-4-10-22(41-2)11-5-19/h3-16,26-27H,17H2,1-2H3. The van der Waals surface area contributed by atoms with E-state index in [1.165, 1.54) is 30.3 Å². The fourth-order valence-electron chi connectivity index (χ4n) is 4.69. The Bertz CT molecular complexity index is 1620. The molecule has 220 valence electrons. The molecule has 1 aliphatic rings. The lowest BCUT2D eigenvalue weighted by Crippen LogP contribution is -2.31. The minimum absolute atomic E-state index is 0.0159. The summed E-state index contributed by atoms with van der Waals surface area (Å²) in [7, 11) is 1.57. The largest absolute Gasteiger partial charge is 0.573 e. The number of rotatable bonds is 9. The molecular weight excluding hydrogens is 567 g/mol. The van der Waals surface area contributed by atoms with Gasteiger partial charge >= 0.3 is 6.36 Å². The smallest absolute Gasteiger partial charge is 0.497 e. The minimum atomic E-state index is -4.91. The van der Waals surface area contributed by atoms with Crippen LogP contribution in [0.2, 0.25) is 0 Å². The second-order valence-electron chi connectivity index (χ2n) is 9.64. The van der Waals surface area contributed by atoms with E-state index >= 15 is 0 Å². The van der Waals surface area contributed by atoms with Crippen molar-refractivity contribution in [3.8, 4) is 17.2 Å².